The molecule has 7 nitrogen and oxygen atoms in total. The Morgan fingerprint density at radius 2 is 1.72 bits per heavy atom. The van der Waals surface area contributed by atoms with E-state index in [1.54, 1.807) is 11.8 Å². The van der Waals surface area contributed by atoms with Crippen molar-refractivity contribution in [2.45, 2.75) is 25.0 Å². The van der Waals surface area contributed by atoms with Crippen molar-refractivity contribution in [3.05, 3.63) is 99.6 Å². The van der Waals surface area contributed by atoms with Crippen LogP contribution in [0.4, 0.5) is 5.69 Å². The number of amides is 1. The van der Waals surface area contributed by atoms with Crippen LogP contribution in [0, 0.1) is 10.1 Å². The molecule has 4 aromatic rings. The first-order valence-corrected chi connectivity index (χ1v) is 12.9. The van der Waals surface area contributed by atoms with Crippen LogP contribution >= 0.6 is 23.4 Å². The van der Waals surface area contributed by atoms with Crippen LogP contribution in [0.1, 0.15) is 23.7 Å². The van der Waals surface area contributed by atoms with Gasteiger partial charge in [0.15, 0.2) is 5.16 Å². The maximum Gasteiger partial charge on any atom is 0.270 e. The molecule has 9 heteroatoms. The van der Waals surface area contributed by atoms with Gasteiger partial charge in [0.05, 0.1) is 26.9 Å². The minimum atomic E-state index is -0.546. The quantitative estimate of drug-likeness (QED) is 0.109. The Kier molecular flexibility index (Phi) is 8.40. The summed E-state index contributed by atoms with van der Waals surface area (Å²) >= 11 is 7.66. The monoisotopic (exact) mass is 520 g/mol. The van der Waals surface area contributed by atoms with Crippen molar-refractivity contribution in [3.63, 3.8) is 0 Å². The van der Waals surface area contributed by atoms with E-state index >= 15 is 0 Å². The molecule has 0 aliphatic carbocycles. The Morgan fingerprint density at radius 3 is 2.33 bits per heavy atom. The van der Waals surface area contributed by atoms with Crippen molar-refractivity contribution >= 4 is 35.0 Å². The number of rotatable bonds is 10. The highest BCUT2D eigenvalue weighted by Gasteiger charge is 2.20. The number of hydrogen-bond acceptors (Lipinski definition) is 5. The lowest BCUT2D eigenvalue weighted by atomic mass is 10.0. The molecule has 1 aromatic heterocycles. The van der Waals surface area contributed by atoms with Crippen molar-refractivity contribution in [1.29, 1.82) is 0 Å². The number of non-ortho nitro benzene ring substituents is 1. The second-order valence-electron chi connectivity index (χ2n) is 8.00. The van der Waals surface area contributed by atoms with Gasteiger partial charge in [-0.2, -0.15) is 0 Å². The number of carbonyl (C=O) groups excluding carboxylic acids is 1. The summed E-state index contributed by atoms with van der Waals surface area (Å²) in [6, 6.07) is 24.2. The number of nitrogens with zero attached hydrogens (tertiary/aromatic N) is 3. The van der Waals surface area contributed by atoms with Crippen LogP contribution in [0.2, 0.25) is 5.02 Å². The fraction of sp³-hybridized carbons (Fsp3) is 0.185. The Labute approximate surface area is 218 Å². The van der Waals surface area contributed by atoms with E-state index in [0.29, 0.717) is 12.3 Å². The molecule has 184 valence electrons. The molecule has 0 spiro atoms. The highest BCUT2D eigenvalue weighted by Crippen LogP contribution is 2.36. The highest BCUT2D eigenvalue weighted by molar-refractivity contribution is 7.99. The standard InChI is InChI=1S/C27H25ClN4O3S/c1-2-16-31-25(20-11-7-4-8-12-20)24(19-9-5-3-6-10-19)30-27(31)36-17-15-29-26(33)22-14-13-21(32(34)35)18-23(22)28/h3-14,18H,2,15-17H2,1H3,(H,29,33). The smallest absolute Gasteiger partial charge is 0.270 e. The first-order valence-electron chi connectivity index (χ1n) is 11.6. The first kappa shape index (κ1) is 25.5. The zero-order valence-electron chi connectivity index (χ0n) is 19.7. The average Bonchev–Trinajstić information content (AvgIpc) is 3.25. The second kappa shape index (κ2) is 11.9. The van der Waals surface area contributed by atoms with Gasteiger partial charge in [-0.1, -0.05) is 91.0 Å². The Bertz CT molecular complexity index is 1360. The van der Waals surface area contributed by atoms with Crippen LogP contribution in [-0.4, -0.2) is 32.7 Å². The van der Waals surface area contributed by atoms with Gasteiger partial charge in [-0.3, -0.25) is 14.9 Å². The molecule has 0 bridgehead atoms. The molecule has 1 amide bonds. The SMILES string of the molecule is CCCn1c(SCCNC(=O)c2ccc([N+](=O)[O-])cc2Cl)nc(-c2ccccc2)c1-c1ccccc1. The number of halogens is 1. The van der Waals surface area contributed by atoms with E-state index in [4.69, 9.17) is 16.6 Å². The van der Waals surface area contributed by atoms with Crippen LogP contribution in [0.3, 0.4) is 0 Å². The maximum absolute atomic E-state index is 12.6. The topological polar surface area (TPSA) is 90.1 Å². The van der Waals surface area contributed by atoms with Crippen molar-refractivity contribution in [3.8, 4) is 22.5 Å². The zero-order valence-corrected chi connectivity index (χ0v) is 21.3. The van der Waals surface area contributed by atoms with Gasteiger partial charge in [0.25, 0.3) is 11.6 Å². The van der Waals surface area contributed by atoms with E-state index in [1.807, 2.05) is 36.4 Å². The maximum atomic E-state index is 12.6. The third kappa shape index (κ3) is 5.78. The highest BCUT2D eigenvalue weighted by atomic mass is 35.5. The Balaban J connectivity index is 1.53. The summed E-state index contributed by atoms with van der Waals surface area (Å²) in [5.41, 5.74) is 4.21. The molecule has 4 rings (SSSR count). The fourth-order valence-electron chi connectivity index (χ4n) is 3.86. The van der Waals surface area contributed by atoms with E-state index in [-0.39, 0.29) is 22.2 Å². The molecule has 0 unspecified atom stereocenters. The second-order valence-corrected chi connectivity index (χ2v) is 9.47. The van der Waals surface area contributed by atoms with Gasteiger partial charge in [-0.05, 0) is 12.5 Å². The molecule has 0 saturated heterocycles. The molecule has 0 fully saturated rings. The number of nitrogens with one attached hydrogen (secondary N) is 1. The van der Waals surface area contributed by atoms with Crippen LogP contribution < -0.4 is 5.32 Å². The molecule has 0 aliphatic rings. The summed E-state index contributed by atoms with van der Waals surface area (Å²) in [6.45, 7) is 3.34. The Hall–Kier alpha value is -3.62. The van der Waals surface area contributed by atoms with Gasteiger partial charge in [0, 0.05) is 42.1 Å². The third-order valence-corrected chi connectivity index (χ3v) is 6.79. The van der Waals surface area contributed by atoms with Crippen LogP contribution in [0.5, 0.6) is 0 Å². The van der Waals surface area contributed by atoms with Gasteiger partial charge >= 0.3 is 0 Å². The molecular formula is C27H25ClN4O3S. The van der Waals surface area contributed by atoms with E-state index in [0.717, 1.165) is 40.6 Å². The van der Waals surface area contributed by atoms with Crippen molar-refractivity contribution in [1.82, 2.24) is 14.9 Å². The lowest BCUT2D eigenvalue weighted by Gasteiger charge is -2.12. The molecule has 0 saturated carbocycles. The average molecular weight is 521 g/mol. The van der Waals surface area contributed by atoms with Gasteiger partial charge in [-0.25, -0.2) is 4.98 Å². The minimum absolute atomic E-state index is 0.0489. The summed E-state index contributed by atoms with van der Waals surface area (Å²) in [5, 5.41) is 14.7. The molecule has 1 N–H and O–H groups in total. The van der Waals surface area contributed by atoms with Gasteiger partial charge in [0.2, 0.25) is 0 Å². The summed E-state index contributed by atoms with van der Waals surface area (Å²) in [5.74, 6) is 0.224. The van der Waals surface area contributed by atoms with E-state index < -0.39 is 4.92 Å². The number of nitro benzene ring substituents is 1. The van der Waals surface area contributed by atoms with E-state index in [9.17, 15) is 14.9 Å². The predicted octanol–water partition coefficient (Wildman–Crippen LogP) is 6.71. The molecule has 3 aromatic carbocycles. The summed E-state index contributed by atoms with van der Waals surface area (Å²) in [6.07, 6.45) is 0.952. The zero-order chi connectivity index (χ0) is 25.5. The van der Waals surface area contributed by atoms with Crippen molar-refractivity contribution in [2.75, 3.05) is 12.3 Å². The van der Waals surface area contributed by atoms with E-state index in [1.165, 1.54) is 18.2 Å². The predicted molar refractivity (Wildman–Crippen MR) is 145 cm³/mol. The molecule has 0 radical (unpaired) electrons. The summed E-state index contributed by atoms with van der Waals surface area (Å²) in [7, 11) is 0. The number of benzene rings is 3. The lowest BCUT2D eigenvalue weighted by molar-refractivity contribution is -0.384. The van der Waals surface area contributed by atoms with Gasteiger partial charge < -0.3 is 9.88 Å². The molecule has 36 heavy (non-hydrogen) atoms. The number of aromatic nitrogens is 2. The number of thioether (sulfide) groups is 1. The van der Waals surface area contributed by atoms with Crippen molar-refractivity contribution in [2.24, 2.45) is 0 Å². The number of carbonyl (C=O) groups is 1. The minimum Gasteiger partial charge on any atom is -0.351 e. The normalized spacial score (nSPS) is 10.8. The molecule has 0 atom stereocenters. The van der Waals surface area contributed by atoms with Gasteiger partial charge in [0.1, 0.15) is 0 Å². The number of imidazole rings is 1. The summed E-state index contributed by atoms with van der Waals surface area (Å²) < 4.78 is 2.25. The Morgan fingerprint density at radius 1 is 1.06 bits per heavy atom. The third-order valence-electron chi connectivity index (χ3n) is 5.50. The van der Waals surface area contributed by atoms with Crippen LogP contribution in [-0.2, 0) is 6.54 Å². The summed E-state index contributed by atoms with van der Waals surface area (Å²) in [4.78, 5) is 27.9. The lowest BCUT2D eigenvalue weighted by Crippen LogP contribution is -2.26. The van der Waals surface area contributed by atoms with Crippen LogP contribution in [0.25, 0.3) is 22.5 Å². The van der Waals surface area contributed by atoms with E-state index in [2.05, 4.69) is 41.1 Å². The number of nitro groups is 1. The van der Waals surface area contributed by atoms with Crippen LogP contribution in [0.15, 0.2) is 84.0 Å². The number of hydrogen-bond donors (Lipinski definition) is 1. The largest absolute Gasteiger partial charge is 0.351 e. The fourth-order valence-corrected chi connectivity index (χ4v) is 5.00. The molecule has 1 heterocycles. The van der Waals surface area contributed by atoms with Crippen molar-refractivity contribution < 1.29 is 9.72 Å². The molecule has 0 aliphatic heterocycles. The first-order chi connectivity index (χ1) is 17.5. The van der Waals surface area contributed by atoms with Gasteiger partial charge in [-0.15, -0.1) is 0 Å². The molecular weight excluding hydrogens is 496 g/mol.